The molecule has 1 fully saturated rings. The van der Waals surface area contributed by atoms with Crippen molar-refractivity contribution in [2.45, 2.75) is 25.7 Å². The van der Waals surface area contributed by atoms with Crippen LogP contribution in [-0.4, -0.2) is 42.7 Å². The highest BCUT2D eigenvalue weighted by Crippen LogP contribution is 2.35. The number of carboxylic acid groups (broad SMARTS) is 1. The monoisotopic (exact) mass is 366 g/mol. The van der Waals surface area contributed by atoms with Crippen LogP contribution in [-0.2, 0) is 16.0 Å². The van der Waals surface area contributed by atoms with Gasteiger partial charge in [0.05, 0.1) is 31.1 Å². The number of nitro benzene ring substituents is 1. The molecule has 2 N–H and O–H groups in total. The molecule has 0 aromatic heterocycles. The van der Waals surface area contributed by atoms with Crippen LogP contribution in [0.25, 0.3) is 0 Å². The fourth-order valence-corrected chi connectivity index (χ4v) is 3.19. The maximum absolute atomic E-state index is 12.2. The predicted molar refractivity (Wildman–Crippen MR) is 91.4 cm³/mol. The summed E-state index contributed by atoms with van der Waals surface area (Å²) in [5, 5.41) is 23.0. The molecule has 0 heterocycles. The minimum atomic E-state index is -0.874. The van der Waals surface area contributed by atoms with Crippen LogP contribution < -0.4 is 14.8 Å². The molecule has 1 aromatic rings. The van der Waals surface area contributed by atoms with Crippen molar-refractivity contribution in [3.8, 4) is 11.5 Å². The second-order valence-electron chi connectivity index (χ2n) is 6.18. The maximum Gasteiger partial charge on any atom is 0.306 e. The summed E-state index contributed by atoms with van der Waals surface area (Å²) in [4.78, 5) is 33.9. The number of nitro groups is 1. The number of carbonyl (C=O) groups excluding carboxylic acids is 1. The number of ether oxygens (including phenoxy) is 2. The van der Waals surface area contributed by atoms with Crippen LogP contribution >= 0.6 is 0 Å². The van der Waals surface area contributed by atoms with Gasteiger partial charge in [-0.25, -0.2) is 0 Å². The molecule has 1 amide bonds. The zero-order valence-electron chi connectivity index (χ0n) is 14.7. The molecule has 9 nitrogen and oxygen atoms in total. The van der Waals surface area contributed by atoms with Crippen LogP contribution in [0, 0.1) is 22.0 Å². The van der Waals surface area contributed by atoms with Crippen molar-refractivity contribution >= 4 is 17.6 Å². The summed E-state index contributed by atoms with van der Waals surface area (Å²) in [5.74, 6) is -1.25. The van der Waals surface area contributed by atoms with Gasteiger partial charge in [-0.1, -0.05) is 0 Å². The van der Waals surface area contributed by atoms with Gasteiger partial charge in [0.1, 0.15) is 0 Å². The van der Waals surface area contributed by atoms with Crippen molar-refractivity contribution in [1.29, 1.82) is 0 Å². The first-order chi connectivity index (χ1) is 12.4. The van der Waals surface area contributed by atoms with Crippen LogP contribution in [0.3, 0.4) is 0 Å². The summed E-state index contributed by atoms with van der Waals surface area (Å²) in [7, 11) is 2.83. The fraction of sp³-hybridized carbons (Fsp3) is 0.529. The molecule has 9 heteroatoms. The van der Waals surface area contributed by atoms with Crippen molar-refractivity contribution in [3.05, 3.63) is 27.8 Å². The minimum Gasteiger partial charge on any atom is -0.493 e. The van der Waals surface area contributed by atoms with E-state index in [1.807, 2.05) is 0 Å². The number of hydrogen-bond acceptors (Lipinski definition) is 6. The first-order valence-electron chi connectivity index (χ1n) is 8.27. The van der Waals surface area contributed by atoms with Crippen molar-refractivity contribution in [2.75, 3.05) is 20.8 Å². The molecule has 26 heavy (non-hydrogen) atoms. The van der Waals surface area contributed by atoms with Crippen molar-refractivity contribution in [3.63, 3.8) is 0 Å². The number of hydrogen-bond donors (Lipinski definition) is 2. The molecule has 1 aliphatic rings. The van der Waals surface area contributed by atoms with E-state index >= 15 is 0 Å². The molecule has 0 saturated heterocycles. The van der Waals surface area contributed by atoms with Gasteiger partial charge in [0.15, 0.2) is 11.5 Å². The van der Waals surface area contributed by atoms with E-state index < -0.39 is 16.8 Å². The zero-order chi connectivity index (χ0) is 19.3. The van der Waals surface area contributed by atoms with Crippen LogP contribution in [0.4, 0.5) is 5.69 Å². The molecule has 0 spiro atoms. The molecule has 2 rings (SSSR count). The molecule has 0 unspecified atom stereocenters. The van der Waals surface area contributed by atoms with E-state index in [-0.39, 0.29) is 36.2 Å². The normalized spacial score (nSPS) is 19.0. The Labute approximate surface area is 150 Å². The first kappa shape index (κ1) is 19.5. The molecule has 1 aliphatic carbocycles. The number of carbonyl (C=O) groups is 2. The topological polar surface area (TPSA) is 128 Å². The average molecular weight is 366 g/mol. The van der Waals surface area contributed by atoms with Crippen molar-refractivity contribution < 1.29 is 29.1 Å². The van der Waals surface area contributed by atoms with E-state index in [9.17, 15) is 19.7 Å². The quantitative estimate of drug-likeness (QED) is 0.530. The summed E-state index contributed by atoms with van der Waals surface area (Å²) in [5.41, 5.74) is 0.312. The van der Waals surface area contributed by atoms with Crippen molar-refractivity contribution in [2.24, 2.45) is 11.8 Å². The summed E-state index contributed by atoms with van der Waals surface area (Å²) < 4.78 is 10.2. The number of benzene rings is 1. The van der Waals surface area contributed by atoms with Crippen LogP contribution in [0.1, 0.15) is 24.8 Å². The molecule has 2 atom stereocenters. The number of nitrogens with one attached hydrogen (secondary N) is 1. The van der Waals surface area contributed by atoms with Crippen LogP contribution in [0.5, 0.6) is 11.5 Å². The number of aliphatic carboxylic acids is 1. The number of rotatable bonds is 8. The van der Waals surface area contributed by atoms with Gasteiger partial charge in [-0.3, -0.25) is 19.7 Å². The molecule has 0 aliphatic heterocycles. The van der Waals surface area contributed by atoms with Gasteiger partial charge >= 0.3 is 5.97 Å². The van der Waals surface area contributed by atoms with E-state index in [4.69, 9.17) is 14.6 Å². The smallest absolute Gasteiger partial charge is 0.306 e. The zero-order valence-corrected chi connectivity index (χ0v) is 14.7. The SMILES string of the molecule is COc1cc(CCNC(=O)[C@@H]2CC[C@H](C(=O)O)C2)c([N+](=O)[O-])cc1OC. The maximum atomic E-state index is 12.2. The molecular formula is C17H22N2O7. The molecule has 0 radical (unpaired) electrons. The summed E-state index contributed by atoms with van der Waals surface area (Å²) in [6.45, 7) is 0.212. The largest absolute Gasteiger partial charge is 0.493 e. The first-order valence-corrected chi connectivity index (χ1v) is 8.27. The third-order valence-electron chi connectivity index (χ3n) is 4.63. The van der Waals surface area contributed by atoms with Gasteiger partial charge in [-0.05, 0) is 31.7 Å². The van der Waals surface area contributed by atoms with Crippen molar-refractivity contribution in [1.82, 2.24) is 5.32 Å². The van der Waals surface area contributed by atoms with Gasteiger partial charge in [0.2, 0.25) is 5.91 Å². The lowest BCUT2D eigenvalue weighted by Crippen LogP contribution is -2.31. The number of methoxy groups -OCH3 is 2. The number of amides is 1. The van der Waals surface area contributed by atoms with Gasteiger partial charge in [0, 0.05) is 18.0 Å². The van der Waals surface area contributed by atoms with E-state index in [1.54, 1.807) is 0 Å². The van der Waals surface area contributed by atoms with E-state index in [2.05, 4.69) is 5.32 Å². The van der Waals surface area contributed by atoms with Gasteiger partial charge in [-0.2, -0.15) is 0 Å². The Morgan fingerprint density at radius 1 is 1.23 bits per heavy atom. The lowest BCUT2D eigenvalue weighted by molar-refractivity contribution is -0.385. The number of carboxylic acids is 1. The van der Waals surface area contributed by atoms with Gasteiger partial charge in [0.25, 0.3) is 5.69 Å². The Hall–Kier alpha value is -2.84. The standard InChI is InChI=1S/C17H22N2O7/c1-25-14-8-10(13(19(23)24)9-15(14)26-2)5-6-18-16(20)11-3-4-12(7-11)17(21)22/h8-9,11-12H,3-7H2,1-2H3,(H,18,20)(H,21,22)/t11-,12+/m1/s1. The molecule has 0 bridgehead atoms. The number of nitrogens with zero attached hydrogens (tertiary/aromatic N) is 1. The predicted octanol–water partition coefficient (Wildman–Crippen LogP) is 1.77. The van der Waals surface area contributed by atoms with Gasteiger partial charge < -0.3 is 19.9 Å². The lowest BCUT2D eigenvalue weighted by atomic mass is 10.0. The Balaban J connectivity index is 1.99. The average Bonchev–Trinajstić information content (AvgIpc) is 3.11. The third-order valence-corrected chi connectivity index (χ3v) is 4.63. The fourth-order valence-electron chi connectivity index (χ4n) is 3.19. The Morgan fingerprint density at radius 2 is 1.85 bits per heavy atom. The lowest BCUT2D eigenvalue weighted by Gasteiger charge is -2.13. The third kappa shape index (κ3) is 4.41. The Morgan fingerprint density at radius 3 is 2.38 bits per heavy atom. The second-order valence-corrected chi connectivity index (χ2v) is 6.18. The highest BCUT2D eigenvalue weighted by Gasteiger charge is 2.33. The van der Waals surface area contributed by atoms with E-state index in [0.717, 1.165) is 0 Å². The molecule has 1 saturated carbocycles. The van der Waals surface area contributed by atoms with Gasteiger partial charge in [-0.15, -0.1) is 0 Å². The second kappa shape index (κ2) is 8.50. The van der Waals surface area contributed by atoms with Crippen LogP contribution in [0.15, 0.2) is 12.1 Å². The highest BCUT2D eigenvalue weighted by atomic mass is 16.6. The summed E-state index contributed by atoms with van der Waals surface area (Å²) in [6.07, 6.45) is 1.61. The molecule has 1 aromatic carbocycles. The Kier molecular flexibility index (Phi) is 6.37. The van der Waals surface area contributed by atoms with E-state index in [0.29, 0.717) is 30.6 Å². The summed E-state index contributed by atoms with van der Waals surface area (Å²) >= 11 is 0. The molecule has 142 valence electrons. The minimum absolute atomic E-state index is 0.108. The highest BCUT2D eigenvalue weighted by molar-refractivity contribution is 5.80. The molecular weight excluding hydrogens is 344 g/mol. The summed E-state index contributed by atoms with van der Waals surface area (Å²) in [6, 6.07) is 2.82. The van der Waals surface area contributed by atoms with E-state index in [1.165, 1.54) is 26.4 Å². The van der Waals surface area contributed by atoms with Crippen LogP contribution in [0.2, 0.25) is 0 Å². The Bertz CT molecular complexity index is 705.